The van der Waals surface area contributed by atoms with Crippen molar-refractivity contribution in [1.29, 1.82) is 0 Å². The minimum absolute atomic E-state index is 0.467. The lowest BCUT2D eigenvalue weighted by Gasteiger charge is -2.31. The number of anilines is 1. The van der Waals surface area contributed by atoms with Crippen molar-refractivity contribution in [2.75, 3.05) is 31.7 Å². The van der Waals surface area contributed by atoms with Gasteiger partial charge in [0.1, 0.15) is 0 Å². The molecule has 2 rings (SSSR count). The van der Waals surface area contributed by atoms with Gasteiger partial charge in [-0.15, -0.1) is 11.3 Å². The van der Waals surface area contributed by atoms with Gasteiger partial charge in [0.15, 0.2) is 5.13 Å². The number of nitrogens with zero attached hydrogens (tertiary/aromatic N) is 2. The molecule has 1 aromatic rings. The number of methoxy groups -OCH3 is 1. The van der Waals surface area contributed by atoms with Gasteiger partial charge in [0, 0.05) is 32.2 Å². The van der Waals surface area contributed by atoms with Crippen molar-refractivity contribution >= 4 is 16.5 Å². The zero-order chi connectivity index (χ0) is 12.3. The Morgan fingerprint density at radius 1 is 1.59 bits per heavy atom. The minimum Gasteiger partial charge on any atom is -0.387 e. The van der Waals surface area contributed by atoms with Gasteiger partial charge in [0.25, 0.3) is 0 Å². The van der Waals surface area contributed by atoms with Crippen LogP contribution >= 0.6 is 11.3 Å². The molecule has 0 aliphatic carbocycles. The summed E-state index contributed by atoms with van der Waals surface area (Å²) in [4.78, 5) is 6.78. The fraction of sp³-hybridized carbons (Fsp3) is 0.750. The lowest BCUT2D eigenvalue weighted by molar-refractivity contribution is 0.139. The quantitative estimate of drug-likeness (QED) is 0.895. The van der Waals surface area contributed by atoms with Crippen molar-refractivity contribution in [2.45, 2.75) is 25.9 Å². The first-order valence-corrected chi connectivity index (χ1v) is 6.96. The highest BCUT2D eigenvalue weighted by atomic mass is 32.1. The maximum atomic E-state index is 9.46. The standard InChI is InChI=1S/C12H20N2O2S/c1-9(15)11-8-17-12(13-11)14-5-3-10(4-6-14)7-16-2/h8-10,15H,3-7H2,1-2H3. The second-order valence-electron chi connectivity index (χ2n) is 4.62. The summed E-state index contributed by atoms with van der Waals surface area (Å²) < 4.78 is 5.19. The van der Waals surface area contributed by atoms with Crippen LogP contribution in [0.15, 0.2) is 5.38 Å². The summed E-state index contributed by atoms with van der Waals surface area (Å²) in [6, 6.07) is 0. The molecule has 96 valence electrons. The summed E-state index contributed by atoms with van der Waals surface area (Å²) >= 11 is 1.62. The number of hydrogen-bond donors (Lipinski definition) is 1. The van der Waals surface area contributed by atoms with Gasteiger partial charge in [0.05, 0.1) is 11.8 Å². The van der Waals surface area contributed by atoms with Crippen LogP contribution in [0.1, 0.15) is 31.6 Å². The SMILES string of the molecule is COCC1CCN(c2nc(C(C)O)cs2)CC1. The summed E-state index contributed by atoms with van der Waals surface area (Å²) in [6.45, 7) is 4.70. The highest BCUT2D eigenvalue weighted by Gasteiger charge is 2.21. The van der Waals surface area contributed by atoms with E-state index in [1.54, 1.807) is 25.4 Å². The molecule has 2 heterocycles. The Morgan fingerprint density at radius 2 is 2.29 bits per heavy atom. The number of aromatic nitrogens is 1. The monoisotopic (exact) mass is 256 g/mol. The molecule has 1 fully saturated rings. The van der Waals surface area contributed by atoms with Gasteiger partial charge in [-0.25, -0.2) is 4.98 Å². The number of ether oxygens (including phenoxy) is 1. The van der Waals surface area contributed by atoms with Crippen LogP contribution in [0.5, 0.6) is 0 Å². The fourth-order valence-electron chi connectivity index (χ4n) is 2.14. The topological polar surface area (TPSA) is 45.6 Å². The molecule has 4 nitrogen and oxygen atoms in total. The summed E-state index contributed by atoms with van der Waals surface area (Å²) in [5.41, 5.74) is 0.781. The van der Waals surface area contributed by atoms with E-state index >= 15 is 0 Å². The molecule has 0 amide bonds. The lowest BCUT2D eigenvalue weighted by atomic mass is 9.98. The van der Waals surface area contributed by atoms with E-state index in [0.717, 1.165) is 43.4 Å². The first-order chi connectivity index (χ1) is 8.20. The second kappa shape index (κ2) is 5.80. The van der Waals surface area contributed by atoms with Gasteiger partial charge in [-0.05, 0) is 25.7 Å². The van der Waals surface area contributed by atoms with Crippen LogP contribution in [0.4, 0.5) is 5.13 Å². The van der Waals surface area contributed by atoms with E-state index in [0.29, 0.717) is 5.92 Å². The van der Waals surface area contributed by atoms with Crippen LogP contribution in [0.3, 0.4) is 0 Å². The van der Waals surface area contributed by atoms with Gasteiger partial charge in [-0.2, -0.15) is 0 Å². The summed E-state index contributed by atoms with van der Waals surface area (Å²) in [7, 11) is 1.77. The predicted molar refractivity (Wildman–Crippen MR) is 69.6 cm³/mol. The fourth-order valence-corrected chi connectivity index (χ4v) is 3.11. The minimum atomic E-state index is -0.467. The summed E-state index contributed by atoms with van der Waals surface area (Å²) in [6.07, 6.45) is 1.86. The van der Waals surface area contributed by atoms with E-state index < -0.39 is 6.10 Å². The van der Waals surface area contributed by atoms with Crippen molar-refractivity contribution in [3.05, 3.63) is 11.1 Å². The van der Waals surface area contributed by atoms with Crippen LogP contribution in [0, 0.1) is 5.92 Å². The molecule has 1 aliphatic rings. The summed E-state index contributed by atoms with van der Waals surface area (Å²) in [5.74, 6) is 0.687. The second-order valence-corrected chi connectivity index (χ2v) is 5.45. The van der Waals surface area contributed by atoms with Gasteiger partial charge in [-0.1, -0.05) is 0 Å². The van der Waals surface area contributed by atoms with E-state index in [-0.39, 0.29) is 0 Å². The molecular weight excluding hydrogens is 236 g/mol. The Labute approximate surface area is 106 Å². The molecule has 0 aromatic carbocycles. The normalized spacial score (nSPS) is 19.6. The van der Waals surface area contributed by atoms with E-state index in [4.69, 9.17) is 4.74 Å². The Morgan fingerprint density at radius 3 is 2.82 bits per heavy atom. The van der Waals surface area contributed by atoms with E-state index in [9.17, 15) is 5.11 Å². The highest BCUT2D eigenvalue weighted by Crippen LogP contribution is 2.28. The number of aliphatic hydroxyl groups is 1. The molecule has 1 N–H and O–H groups in total. The largest absolute Gasteiger partial charge is 0.387 e. The molecule has 0 spiro atoms. The van der Waals surface area contributed by atoms with Crippen LogP contribution < -0.4 is 4.90 Å². The van der Waals surface area contributed by atoms with Crippen molar-refractivity contribution in [3.8, 4) is 0 Å². The molecular formula is C12H20N2O2S. The van der Waals surface area contributed by atoms with Crippen molar-refractivity contribution < 1.29 is 9.84 Å². The molecule has 1 aliphatic heterocycles. The van der Waals surface area contributed by atoms with Gasteiger partial charge < -0.3 is 14.7 Å². The smallest absolute Gasteiger partial charge is 0.185 e. The lowest BCUT2D eigenvalue weighted by Crippen LogP contribution is -2.34. The van der Waals surface area contributed by atoms with E-state index in [1.807, 2.05) is 5.38 Å². The first-order valence-electron chi connectivity index (χ1n) is 6.08. The van der Waals surface area contributed by atoms with Gasteiger partial charge in [-0.3, -0.25) is 0 Å². The molecule has 1 atom stereocenters. The van der Waals surface area contributed by atoms with E-state index in [2.05, 4.69) is 9.88 Å². The molecule has 1 unspecified atom stereocenters. The Kier molecular flexibility index (Phi) is 4.36. The van der Waals surface area contributed by atoms with Crippen LogP contribution in [-0.2, 0) is 4.74 Å². The third-order valence-electron chi connectivity index (χ3n) is 3.23. The highest BCUT2D eigenvalue weighted by molar-refractivity contribution is 7.13. The van der Waals surface area contributed by atoms with Crippen molar-refractivity contribution in [3.63, 3.8) is 0 Å². The molecule has 1 aromatic heterocycles. The van der Waals surface area contributed by atoms with Crippen LogP contribution in [0.25, 0.3) is 0 Å². The third kappa shape index (κ3) is 3.18. The first kappa shape index (κ1) is 12.8. The van der Waals surface area contributed by atoms with Crippen molar-refractivity contribution in [1.82, 2.24) is 4.98 Å². The van der Waals surface area contributed by atoms with Gasteiger partial charge in [0.2, 0.25) is 0 Å². The molecule has 5 heteroatoms. The predicted octanol–water partition coefficient (Wildman–Crippen LogP) is 2.06. The average Bonchev–Trinajstić information content (AvgIpc) is 2.80. The zero-order valence-corrected chi connectivity index (χ0v) is 11.2. The van der Waals surface area contributed by atoms with E-state index in [1.165, 1.54) is 0 Å². The number of rotatable bonds is 4. The number of thiazole rings is 1. The number of piperidine rings is 1. The van der Waals surface area contributed by atoms with Gasteiger partial charge >= 0.3 is 0 Å². The molecule has 17 heavy (non-hydrogen) atoms. The number of hydrogen-bond acceptors (Lipinski definition) is 5. The average molecular weight is 256 g/mol. The van der Waals surface area contributed by atoms with Crippen molar-refractivity contribution in [2.24, 2.45) is 5.92 Å². The molecule has 0 radical (unpaired) electrons. The third-order valence-corrected chi connectivity index (χ3v) is 4.14. The number of aliphatic hydroxyl groups excluding tert-OH is 1. The molecule has 0 bridgehead atoms. The van der Waals surface area contributed by atoms with Crippen LogP contribution in [-0.4, -0.2) is 36.9 Å². The Bertz CT molecular complexity index is 346. The summed E-state index contributed by atoms with van der Waals surface area (Å²) in [5, 5.41) is 12.4. The van der Waals surface area contributed by atoms with Crippen LogP contribution in [0.2, 0.25) is 0 Å². The molecule has 1 saturated heterocycles. The Balaban J connectivity index is 1.91. The maximum absolute atomic E-state index is 9.46. The zero-order valence-electron chi connectivity index (χ0n) is 10.4. The Hall–Kier alpha value is -0.650. The maximum Gasteiger partial charge on any atom is 0.185 e. The molecule has 0 saturated carbocycles.